The fourth-order valence-electron chi connectivity index (χ4n) is 1.31. The zero-order valence-corrected chi connectivity index (χ0v) is 9.25. The summed E-state index contributed by atoms with van der Waals surface area (Å²) in [4.78, 5) is 11.6. The summed E-state index contributed by atoms with van der Waals surface area (Å²) in [6, 6.07) is 7.48. The molecule has 0 atom stereocenters. The molecule has 1 aromatic carbocycles. The molecule has 1 rings (SSSR count). The molecule has 0 aliphatic heterocycles. The number of amides is 1. The van der Waals surface area contributed by atoms with E-state index in [1.807, 2.05) is 31.2 Å². The van der Waals surface area contributed by atoms with Crippen molar-refractivity contribution in [3.05, 3.63) is 35.4 Å². The molecule has 82 valence electrons. The van der Waals surface area contributed by atoms with Crippen LogP contribution in [0.4, 0.5) is 0 Å². The van der Waals surface area contributed by atoms with Gasteiger partial charge in [0.05, 0.1) is 6.61 Å². The van der Waals surface area contributed by atoms with Gasteiger partial charge < -0.3 is 10.1 Å². The first kappa shape index (κ1) is 11.7. The predicted molar refractivity (Wildman–Crippen MR) is 59.8 cm³/mol. The van der Waals surface area contributed by atoms with Gasteiger partial charge in [0.25, 0.3) is 5.91 Å². The number of carbonyl (C=O) groups is 1. The van der Waals surface area contributed by atoms with E-state index >= 15 is 0 Å². The normalized spacial score (nSPS) is 10.0. The fraction of sp³-hybridized carbons (Fsp3) is 0.417. The van der Waals surface area contributed by atoms with E-state index in [-0.39, 0.29) is 5.91 Å². The van der Waals surface area contributed by atoms with Crippen LogP contribution in [0.1, 0.15) is 29.3 Å². The monoisotopic (exact) mass is 207 g/mol. The van der Waals surface area contributed by atoms with Gasteiger partial charge in [-0.25, -0.2) is 0 Å². The van der Waals surface area contributed by atoms with Gasteiger partial charge in [-0.1, -0.05) is 19.1 Å². The van der Waals surface area contributed by atoms with Crippen molar-refractivity contribution in [2.24, 2.45) is 0 Å². The minimum atomic E-state index is -0.0187. The van der Waals surface area contributed by atoms with E-state index in [0.717, 1.165) is 12.0 Å². The first-order valence-electron chi connectivity index (χ1n) is 5.14. The van der Waals surface area contributed by atoms with Crippen LogP contribution in [-0.2, 0) is 11.3 Å². The summed E-state index contributed by atoms with van der Waals surface area (Å²) in [5.41, 5.74) is 1.71. The van der Waals surface area contributed by atoms with Gasteiger partial charge in [0, 0.05) is 19.2 Å². The smallest absolute Gasteiger partial charge is 0.251 e. The summed E-state index contributed by atoms with van der Waals surface area (Å²) in [5, 5.41) is 2.84. The van der Waals surface area contributed by atoms with Crippen LogP contribution in [0.25, 0.3) is 0 Å². The first-order chi connectivity index (χ1) is 7.27. The fourth-order valence-corrected chi connectivity index (χ4v) is 1.31. The minimum Gasteiger partial charge on any atom is -0.380 e. The van der Waals surface area contributed by atoms with Gasteiger partial charge in [0.2, 0.25) is 0 Å². The number of benzene rings is 1. The quantitative estimate of drug-likeness (QED) is 0.801. The molecular formula is C12H17NO2. The second-order valence-corrected chi connectivity index (χ2v) is 3.39. The maximum atomic E-state index is 11.6. The number of carbonyl (C=O) groups excluding carboxylic acids is 1. The van der Waals surface area contributed by atoms with Gasteiger partial charge in [0.1, 0.15) is 0 Å². The molecule has 3 heteroatoms. The van der Waals surface area contributed by atoms with E-state index in [0.29, 0.717) is 18.7 Å². The van der Waals surface area contributed by atoms with Crippen LogP contribution in [0.2, 0.25) is 0 Å². The SMILES string of the molecule is CCCNC(=O)c1cccc(COC)c1. The molecule has 1 N–H and O–H groups in total. The lowest BCUT2D eigenvalue weighted by Gasteiger charge is -2.05. The lowest BCUT2D eigenvalue weighted by molar-refractivity contribution is 0.0953. The van der Waals surface area contributed by atoms with Crippen molar-refractivity contribution in [3.63, 3.8) is 0 Å². The van der Waals surface area contributed by atoms with Gasteiger partial charge in [-0.2, -0.15) is 0 Å². The second kappa shape index (κ2) is 6.19. The Morgan fingerprint density at radius 1 is 1.47 bits per heavy atom. The molecule has 0 fully saturated rings. The highest BCUT2D eigenvalue weighted by molar-refractivity contribution is 5.94. The number of hydrogen-bond acceptors (Lipinski definition) is 2. The minimum absolute atomic E-state index is 0.0187. The molecule has 1 aromatic rings. The Balaban J connectivity index is 2.67. The lowest BCUT2D eigenvalue weighted by Crippen LogP contribution is -2.23. The van der Waals surface area contributed by atoms with Gasteiger partial charge in [-0.05, 0) is 24.1 Å². The van der Waals surface area contributed by atoms with Crippen molar-refractivity contribution in [1.82, 2.24) is 5.32 Å². The highest BCUT2D eigenvalue weighted by Crippen LogP contribution is 2.06. The molecule has 0 saturated carbocycles. The third kappa shape index (κ3) is 3.72. The molecule has 1 amide bonds. The van der Waals surface area contributed by atoms with Crippen LogP contribution in [0, 0.1) is 0 Å². The maximum Gasteiger partial charge on any atom is 0.251 e. The summed E-state index contributed by atoms with van der Waals surface area (Å²) in [5.74, 6) is -0.0187. The summed E-state index contributed by atoms with van der Waals surface area (Å²) < 4.78 is 5.01. The predicted octanol–water partition coefficient (Wildman–Crippen LogP) is 1.97. The zero-order valence-electron chi connectivity index (χ0n) is 9.25. The largest absolute Gasteiger partial charge is 0.380 e. The van der Waals surface area contributed by atoms with Crippen molar-refractivity contribution in [2.75, 3.05) is 13.7 Å². The Kier molecular flexibility index (Phi) is 4.84. The third-order valence-corrected chi connectivity index (χ3v) is 2.04. The van der Waals surface area contributed by atoms with Crippen molar-refractivity contribution >= 4 is 5.91 Å². The van der Waals surface area contributed by atoms with Crippen LogP contribution in [0.15, 0.2) is 24.3 Å². The first-order valence-corrected chi connectivity index (χ1v) is 5.14. The molecule has 0 heterocycles. The van der Waals surface area contributed by atoms with Crippen molar-refractivity contribution in [2.45, 2.75) is 20.0 Å². The molecule has 0 saturated heterocycles. The van der Waals surface area contributed by atoms with Gasteiger partial charge in [-0.15, -0.1) is 0 Å². The van der Waals surface area contributed by atoms with E-state index in [1.54, 1.807) is 7.11 Å². The molecule has 0 unspecified atom stereocenters. The third-order valence-electron chi connectivity index (χ3n) is 2.04. The van der Waals surface area contributed by atoms with Crippen molar-refractivity contribution in [1.29, 1.82) is 0 Å². The standard InChI is InChI=1S/C12H17NO2/c1-3-7-13-12(14)11-6-4-5-10(8-11)9-15-2/h4-6,8H,3,7,9H2,1-2H3,(H,13,14). The number of rotatable bonds is 5. The molecular weight excluding hydrogens is 190 g/mol. The summed E-state index contributed by atoms with van der Waals surface area (Å²) >= 11 is 0. The summed E-state index contributed by atoms with van der Waals surface area (Å²) in [6.07, 6.45) is 0.948. The molecule has 0 bridgehead atoms. The highest BCUT2D eigenvalue weighted by atomic mass is 16.5. The Morgan fingerprint density at radius 2 is 2.27 bits per heavy atom. The van der Waals surface area contributed by atoms with Crippen molar-refractivity contribution < 1.29 is 9.53 Å². The molecule has 0 aliphatic rings. The van der Waals surface area contributed by atoms with Gasteiger partial charge >= 0.3 is 0 Å². The Hall–Kier alpha value is -1.35. The zero-order chi connectivity index (χ0) is 11.1. The average Bonchev–Trinajstić information content (AvgIpc) is 2.27. The van der Waals surface area contributed by atoms with E-state index < -0.39 is 0 Å². The Morgan fingerprint density at radius 3 is 2.93 bits per heavy atom. The molecule has 15 heavy (non-hydrogen) atoms. The number of nitrogens with one attached hydrogen (secondary N) is 1. The van der Waals surface area contributed by atoms with Crippen molar-refractivity contribution in [3.8, 4) is 0 Å². The Bertz CT molecular complexity index is 323. The number of hydrogen-bond donors (Lipinski definition) is 1. The number of ether oxygens (including phenoxy) is 1. The van der Waals surface area contributed by atoms with Gasteiger partial charge in [-0.3, -0.25) is 4.79 Å². The van der Waals surface area contributed by atoms with E-state index in [2.05, 4.69) is 5.32 Å². The van der Waals surface area contributed by atoms with Crippen LogP contribution in [0.3, 0.4) is 0 Å². The van der Waals surface area contributed by atoms with E-state index in [1.165, 1.54) is 0 Å². The molecule has 3 nitrogen and oxygen atoms in total. The van der Waals surface area contributed by atoms with Gasteiger partial charge in [0.15, 0.2) is 0 Å². The average molecular weight is 207 g/mol. The van der Waals surface area contributed by atoms with Crippen LogP contribution < -0.4 is 5.32 Å². The number of methoxy groups -OCH3 is 1. The second-order valence-electron chi connectivity index (χ2n) is 3.39. The molecule has 0 radical (unpaired) electrons. The molecule has 0 aliphatic carbocycles. The van der Waals surface area contributed by atoms with Crippen LogP contribution in [0.5, 0.6) is 0 Å². The summed E-state index contributed by atoms with van der Waals surface area (Å²) in [7, 11) is 1.64. The van der Waals surface area contributed by atoms with Crippen LogP contribution >= 0.6 is 0 Å². The topological polar surface area (TPSA) is 38.3 Å². The highest BCUT2D eigenvalue weighted by Gasteiger charge is 2.04. The van der Waals surface area contributed by atoms with E-state index in [4.69, 9.17) is 4.74 Å². The Labute approximate surface area is 90.4 Å². The molecule has 0 spiro atoms. The summed E-state index contributed by atoms with van der Waals surface area (Å²) in [6.45, 7) is 3.28. The van der Waals surface area contributed by atoms with E-state index in [9.17, 15) is 4.79 Å². The lowest BCUT2D eigenvalue weighted by atomic mass is 10.1. The maximum absolute atomic E-state index is 11.6. The molecule has 0 aromatic heterocycles. The van der Waals surface area contributed by atoms with Crippen LogP contribution in [-0.4, -0.2) is 19.6 Å².